The molecule has 0 amide bonds. The van der Waals surface area contributed by atoms with E-state index in [1.807, 2.05) is 13.8 Å². The molecule has 0 bridgehead atoms. The number of alkyl halides is 1. The van der Waals surface area contributed by atoms with E-state index in [4.69, 9.17) is 11.6 Å². The second-order valence-electron chi connectivity index (χ2n) is 2.04. The quantitative estimate of drug-likeness (QED) is 0.412. The van der Waals surface area contributed by atoms with Crippen molar-refractivity contribution in [2.75, 3.05) is 5.88 Å². The van der Waals surface area contributed by atoms with E-state index < -0.39 is 0 Å². The van der Waals surface area contributed by atoms with Gasteiger partial charge < -0.3 is 0 Å². The van der Waals surface area contributed by atoms with Crippen LogP contribution in [0.1, 0.15) is 20.8 Å². The molecule has 0 saturated carbocycles. The summed E-state index contributed by atoms with van der Waals surface area (Å²) in [5.41, 5.74) is 1.17. The number of allylic oxidation sites excluding steroid dienone is 1. The molecule has 0 rings (SSSR count). The highest BCUT2D eigenvalue weighted by Crippen LogP contribution is 1.73. The van der Waals surface area contributed by atoms with Crippen molar-refractivity contribution in [3.63, 3.8) is 0 Å². The van der Waals surface area contributed by atoms with Gasteiger partial charge in [0.2, 0.25) is 0 Å². The van der Waals surface area contributed by atoms with Gasteiger partial charge in [0, 0.05) is 0 Å². The predicted octanol–water partition coefficient (Wildman–Crippen LogP) is 2.40. The maximum atomic E-state index is 9.68. The Morgan fingerprint density at radius 3 is 1.56 bits per heavy atom. The van der Waals surface area contributed by atoms with Crippen molar-refractivity contribution >= 4 is 17.4 Å². The molecule has 0 heterocycles. The van der Waals surface area contributed by atoms with E-state index in [1.54, 1.807) is 0 Å². The molecule has 0 radical (unpaired) electrons. The van der Waals surface area contributed by atoms with Crippen LogP contribution in [0, 0.1) is 0 Å². The molecule has 0 aromatic carbocycles. The van der Waals surface area contributed by atoms with Gasteiger partial charge in [-0.3, -0.25) is 4.79 Å². The average Bonchev–Trinajstić information content (AvgIpc) is 1.65. The van der Waals surface area contributed by atoms with Crippen LogP contribution in [-0.2, 0) is 4.79 Å². The molecular formula is C7H13ClO. The minimum atomic E-state index is 0.0201. The van der Waals surface area contributed by atoms with Gasteiger partial charge in [-0.05, 0) is 20.8 Å². The molecule has 54 valence electrons. The van der Waals surface area contributed by atoms with Crippen LogP contribution in [0.25, 0.3) is 0 Å². The van der Waals surface area contributed by atoms with Gasteiger partial charge >= 0.3 is 0 Å². The summed E-state index contributed by atoms with van der Waals surface area (Å²) >= 11 is 4.99. The summed E-state index contributed by atoms with van der Waals surface area (Å²) in [7, 11) is 0. The zero-order chi connectivity index (χ0) is 7.86. The third-order valence-corrected chi connectivity index (χ3v) is 0.565. The van der Waals surface area contributed by atoms with Gasteiger partial charge in [-0.25, -0.2) is 0 Å². The summed E-state index contributed by atoms with van der Waals surface area (Å²) in [6, 6.07) is 0. The van der Waals surface area contributed by atoms with Crippen LogP contribution >= 0.6 is 11.6 Å². The van der Waals surface area contributed by atoms with E-state index in [2.05, 4.69) is 6.58 Å². The molecule has 9 heavy (non-hydrogen) atoms. The Hall–Kier alpha value is -0.300. The summed E-state index contributed by atoms with van der Waals surface area (Å²) in [5, 5.41) is 0. The third kappa shape index (κ3) is 86.6. The summed E-state index contributed by atoms with van der Waals surface area (Å²) in [6.45, 7) is 8.95. The minimum absolute atomic E-state index is 0.0201. The Labute approximate surface area is 61.7 Å². The Bertz CT molecular complexity index is 93.1. The van der Waals surface area contributed by atoms with Crippen molar-refractivity contribution < 1.29 is 4.79 Å². The van der Waals surface area contributed by atoms with Crippen LogP contribution in [-0.4, -0.2) is 11.7 Å². The number of hydrogen-bond acceptors (Lipinski definition) is 1. The number of carbonyl (C=O) groups is 1. The van der Waals surface area contributed by atoms with Crippen molar-refractivity contribution in [3.05, 3.63) is 12.2 Å². The van der Waals surface area contributed by atoms with E-state index in [0.29, 0.717) is 0 Å². The first kappa shape index (κ1) is 11.5. The maximum absolute atomic E-state index is 9.68. The number of Topliss-reactive ketones (excluding diaryl/α,β-unsaturated/α-hetero) is 1. The average molecular weight is 149 g/mol. The first-order valence-electron chi connectivity index (χ1n) is 2.68. The normalized spacial score (nSPS) is 7.11. The number of rotatable bonds is 1. The topological polar surface area (TPSA) is 17.1 Å². The molecule has 0 N–H and O–H groups in total. The van der Waals surface area contributed by atoms with Gasteiger partial charge in [-0.15, -0.1) is 18.2 Å². The van der Waals surface area contributed by atoms with E-state index in [-0.39, 0.29) is 11.7 Å². The predicted molar refractivity (Wildman–Crippen MR) is 41.9 cm³/mol. The lowest BCUT2D eigenvalue weighted by atomic mass is 10.4. The monoisotopic (exact) mass is 148 g/mol. The Morgan fingerprint density at radius 1 is 1.44 bits per heavy atom. The standard InChI is InChI=1S/C4H8.C3H5ClO/c1-4(2)3;1-3(5)2-4/h1H2,2-3H3;2H2,1H3. The van der Waals surface area contributed by atoms with Crippen molar-refractivity contribution in [3.8, 4) is 0 Å². The molecule has 0 aliphatic carbocycles. The molecule has 2 heteroatoms. The highest BCUT2D eigenvalue weighted by atomic mass is 35.5. The minimum Gasteiger partial charge on any atom is -0.299 e. The molecule has 0 fully saturated rings. The highest BCUT2D eigenvalue weighted by Gasteiger charge is 1.79. The molecule has 0 aliphatic heterocycles. The smallest absolute Gasteiger partial charge is 0.144 e. The lowest BCUT2D eigenvalue weighted by Gasteiger charge is -1.69. The summed E-state index contributed by atoms with van der Waals surface area (Å²) in [4.78, 5) is 9.68. The van der Waals surface area contributed by atoms with E-state index >= 15 is 0 Å². The fourth-order valence-electron chi connectivity index (χ4n) is 0. The molecule has 0 aliphatic rings. The van der Waals surface area contributed by atoms with Crippen molar-refractivity contribution in [2.45, 2.75) is 20.8 Å². The summed E-state index contributed by atoms with van der Waals surface area (Å²) in [6.07, 6.45) is 0. The van der Waals surface area contributed by atoms with Gasteiger partial charge in [-0.1, -0.05) is 5.57 Å². The fourth-order valence-corrected chi connectivity index (χ4v) is 0. The van der Waals surface area contributed by atoms with Crippen LogP contribution in [0.15, 0.2) is 12.2 Å². The van der Waals surface area contributed by atoms with Crippen LogP contribution in [0.3, 0.4) is 0 Å². The van der Waals surface area contributed by atoms with Crippen LogP contribution in [0.5, 0.6) is 0 Å². The Morgan fingerprint density at radius 2 is 1.56 bits per heavy atom. The van der Waals surface area contributed by atoms with Crippen LogP contribution in [0.2, 0.25) is 0 Å². The van der Waals surface area contributed by atoms with Crippen LogP contribution in [0.4, 0.5) is 0 Å². The fraction of sp³-hybridized carbons (Fsp3) is 0.571. The molecule has 0 unspecified atom stereocenters. The van der Waals surface area contributed by atoms with Crippen molar-refractivity contribution in [1.29, 1.82) is 0 Å². The van der Waals surface area contributed by atoms with Crippen LogP contribution < -0.4 is 0 Å². The first-order chi connectivity index (χ1) is 4.00. The summed E-state index contributed by atoms with van der Waals surface area (Å²) in [5.74, 6) is 0.159. The first-order valence-corrected chi connectivity index (χ1v) is 3.21. The molecule has 0 saturated heterocycles. The van der Waals surface area contributed by atoms with Gasteiger partial charge in [-0.2, -0.15) is 0 Å². The van der Waals surface area contributed by atoms with E-state index in [1.165, 1.54) is 12.5 Å². The maximum Gasteiger partial charge on any atom is 0.144 e. The van der Waals surface area contributed by atoms with E-state index in [9.17, 15) is 4.79 Å². The van der Waals surface area contributed by atoms with Gasteiger partial charge in [0.1, 0.15) is 5.78 Å². The zero-order valence-electron chi connectivity index (χ0n) is 6.20. The molecule has 1 nitrogen and oxygen atoms in total. The van der Waals surface area contributed by atoms with Gasteiger partial charge in [0.15, 0.2) is 0 Å². The number of ketones is 1. The van der Waals surface area contributed by atoms with Crippen molar-refractivity contribution in [1.82, 2.24) is 0 Å². The SMILES string of the molecule is C=C(C)C.CC(=O)CCl. The zero-order valence-corrected chi connectivity index (χ0v) is 6.96. The molecule has 0 atom stereocenters. The van der Waals surface area contributed by atoms with Crippen molar-refractivity contribution in [2.24, 2.45) is 0 Å². The van der Waals surface area contributed by atoms with E-state index in [0.717, 1.165) is 0 Å². The summed E-state index contributed by atoms with van der Waals surface area (Å²) < 4.78 is 0. The second-order valence-corrected chi connectivity index (χ2v) is 2.31. The Balaban J connectivity index is 0. The molecular weight excluding hydrogens is 136 g/mol. The van der Waals surface area contributed by atoms with Gasteiger partial charge in [0.25, 0.3) is 0 Å². The highest BCUT2D eigenvalue weighted by molar-refractivity contribution is 6.27. The second kappa shape index (κ2) is 7.70. The largest absolute Gasteiger partial charge is 0.299 e. The lowest BCUT2D eigenvalue weighted by molar-refractivity contribution is -0.114. The molecule has 0 aromatic rings. The molecule has 0 aromatic heterocycles. The number of halogens is 1. The van der Waals surface area contributed by atoms with Gasteiger partial charge in [0.05, 0.1) is 5.88 Å². The number of hydrogen-bond donors (Lipinski definition) is 0. The number of carbonyl (C=O) groups excluding carboxylic acids is 1. The lowest BCUT2D eigenvalue weighted by Crippen LogP contribution is -1.86. The third-order valence-electron chi connectivity index (χ3n) is 0.188. The molecule has 0 spiro atoms. The Kier molecular flexibility index (Phi) is 9.83.